The molecular formula is C23H30N2O4. The van der Waals surface area contributed by atoms with Crippen molar-refractivity contribution in [2.45, 2.75) is 39.0 Å². The summed E-state index contributed by atoms with van der Waals surface area (Å²) in [6.45, 7) is 2.75. The minimum absolute atomic E-state index is 0.261. The van der Waals surface area contributed by atoms with Crippen LogP contribution in [0.5, 0.6) is 11.5 Å². The molecule has 0 spiro atoms. The van der Waals surface area contributed by atoms with Gasteiger partial charge in [-0.3, -0.25) is 14.2 Å². The van der Waals surface area contributed by atoms with Crippen LogP contribution in [0.3, 0.4) is 0 Å². The van der Waals surface area contributed by atoms with Crippen molar-refractivity contribution in [3.8, 4) is 11.5 Å². The normalized spacial score (nSPS) is 11.2. The molecule has 2 aromatic rings. The summed E-state index contributed by atoms with van der Waals surface area (Å²) < 4.78 is 11.9. The average molecular weight is 399 g/mol. The Hall–Kier alpha value is -3.02. The second-order valence-electron chi connectivity index (χ2n) is 6.72. The molecule has 0 bridgehead atoms. The number of pyridine rings is 1. The van der Waals surface area contributed by atoms with Crippen LogP contribution in [0.1, 0.15) is 44.6 Å². The molecule has 0 aliphatic heterocycles. The fourth-order valence-electron chi connectivity index (χ4n) is 2.99. The van der Waals surface area contributed by atoms with Crippen molar-refractivity contribution in [2.75, 3.05) is 20.8 Å². The lowest BCUT2D eigenvalue weighted by Crippen LogP contribution is -2.31. The van der Waals surface area contributed by atoms with E-state index in [4.69, 9.17) is 9.47 Å². The predicted octanol–water partition coefficient (Wildman–Crippen LogP) is 3.95. The van der Waals surface area contributed by atoms with Crippen molar-refractivity contribution < 1.29 is 14.3 Å². The van der Waals surface area contributed by atoms with Crippen molar-refractivity contribution in [2.24, 2.45) is 0 Å². The van der Waals surface area contributed by atoms with Gasteiger partial charge in [-0.05, 0) is 36.3 Å². The molecular weight excluding hydrogens is 368 g/mol. The molecule has 0 aliphatic carbocycles. The van der Waals surface area contributed by atoms with E-state index in [1.165, 1.54) is 29.9 Å². The van der Waals surface area contributed by atoms with Crippen molar-refractivity contribution in [1.29, 1.82) is 0 Å². The third-order valence-electron chi connectivity index (χ3n) is 4.59. The number of aromatic nitrogens is 1. The van der Waals surface area contributed by atoms with Crippen molar-refractivity contribution >= 4 is 17.7 Å². The molecule has 156 valence electrons. The Balaban J connectivity index is 2.26. The topological polar surface area (TPSA) is 69.6 Å². The van der Waals surface area contributed by atoms with E-state index in [0.717, 1.165) is 18.4 Å². The highest BCUT2D eigenvalue weighted by Crippen LogP contribution is 2.28. The largest absolute Gasteiger partial charge is 0.493 e. The number of unbranched alkanes of at least 4 members (excludes halogenated alkanes) is 4. The highest BCUT2D eigenvalue weighted by atomic mass is 16.5. The summed E-state index contributed by atoms with van der Waals surface area (Å²) in [5.41, 5.74) is 0.722. The van der Waals surface area contributed by atoms with E-state index < -0.39 is 0 Å². The zero-order valence-electron chi connectivity index (χ0n) is 17.4. The summed E-state index contributed by atoms with van der Waals surface area (Å²) in [4.78, 5) is 25.2. The maximum Gasteiger partial charge on any atom is 0.268 e. The van der Waals surface area contributed by atoms with Crippen LogP contribution in [0, 0.1) is 0 Å². The first-order valence-corrected chi connectivity index (χ1v) is 10.0. The highest BCUT2D eigenvalue weighted by Gasteiger charge is 2.13. The first-order valence-electron chi connectivity index (χ1n) is 10.0. The van der Waals surface area contributed by atoms with Gasteiger partial charge in [0.05, 0.1) is 14.2 Å². The number of carbonyl (C=O) groups excluding carboxylic acids is 1. The van der Waals surface area contributed by atoms with Crippen LogP contribution in [0.25, 0.3) is 11.8 Å². The third kappa shape index (κ3) is 6.52. The molecule has 1 N–H and O–H groups in total. The molecule has 0 atom stereocenters. The summed E-state index contributed by atoms with van der Waals surface area (Å²) in [5, 5.41) is 2.93. The fourth-order valence-corrected chi connectivity index (χ4v) is 2.99. The lowest BCUT2D eigenvalue weighted by atomic mass is 10.1. The number of methoxy groups -OCH3 is 2. The lowest BCUT2D eigenvalue weighted by molar-refractivity contribution is -0.115. The molecule has 1 heterocycles. The van der Waals surface area contributed by atoms with E-state index in [9.17, 15) is 9.59 Å². The van der Waals surface area contributed by atoms with Crippen molar-refractivity contribution in [1.82, 2.24) is 9.88 Å². The maximum absolute atomic E-state index is 12.9. The van der Waals surface area contributed by atoms with E-state index in [0.29, 0.717) is 18.0 Å². The van der Waals surface area contributed by atoms with E-state index >= 15 is 0 Å². The van der Waals surface area contributed by atoms with Gasteiger partial charge in [0.25, 0.3) is 11.5 Å². The summed E-state index contributed by atoms with van der Waals surface area (Å²) in [5.74, 6) is 0.862. The van der Waals surface area contributed by atoms with E-state index in [1.54, 1.807) is 50.8 Å². The molecule has 29 heavy (non-hydrogen) atoms. The van der Waals surface area contributed by atoms with E-state index in [1.807, 2.05) is 6.07 Å². The van der Waals surface area contributed by atoms with Gasteiger partial charge in [0, 0.05) is 18.8 Å². The highest BCUT2D eigenvalue weighted by molar-refractivity contribution is 6.18. The zero-order chi connectivity index (χ0) is 21.1. The van der Waals surface area contributed by atoms with Gasteiger partial charge < -0.3 is 14.8 Å². The monoisotopic (exact) mass is 398 g/mol. The first-order chi connectivity index (χ1) is 14.1. The van der Waals surface area contributed by atoms with Gasteiger partial charge in [0.2, 0.25) is 0 Å². The number of carbonyl (C=O) groups is 1. The lowest BCUT2D eigenvalue weighted by Gasteiger charge is -2.13. The second-order valence-corrected chi connectivity index (χ2v) is 6.72. The molecule has 1 aromatic heterocycles. The summed E-state index contributed by atoms with van der Waals surface area (Å²) >= 11 is 0. The molecule has 0 saturated heterocycles. The second kappa shape index (κ2) is 11.7. The Morgan fingerprint density at radius 2 is 1.79 bits per heavy atom. The molecule has 0 unspecified atom stereocenters. The van der Waals surface area contributed by atoms with Crippen LogP contribution in [-0.4, -0.2) is 31.2 Å². The van der Waals surface area contributed by atoms with Gasteiger partial charge in [0.1, 0.15) is 5.70 Å². The summed E-state index contributed by atoms with van der Waals surface area (Å²) in [6.07, 6.45) is 8.82. The molecule has 0 fully saturated rings. The minimum atomic E-state index is -0.288. The number of nitrogens with zero attached hydrogens (tertiary/aromatic N) is 1. The summed E-state index contributed by atoms with van der Waals surface area (Å²) in [6, 6.07) is 10.2. The van der Waals surface area contributed by atoms with Crippen LogP contribution in [-0.2, 0) is 4.79 Å². The Morgan fingerprint density at radius 3 is 2.48 bits per heavy atom. The van der Waals surface area contributed by atoms with Crippen molar-refractivity contribution in [3.63, 3.8) is 0 Å². The molecule has 1 aromatic carbocycles. The molecule has 0 saturated carbocycles. The van der Waals surface area contributed by atoms with Gasteiger partial charge in [-0.1, -0.05) is 44.7 Å². The number of nitrogens with one attached hydrogen (secondary N) is 1. The number of benzene rings is 1. The smallest absolute Gasteiger partial charge is 0.268 e. The molecule has 6 nitrogen and oxygen atoms in total. The number of ether oxygens (including phenoxy) is 2. The Bertz CT molecular complexity index is 886. The van der Waals surface area contributed by atoms with Crippen LogP contribution in [0.4, 0.5) is 0 Å². The van der Waals surface area contributed by atoms with E-state index in [-0.39, 0.29) is 17.2 Å². The quantitative estimate of drug-likeness (QED) is 0.460. The van der Waals surface area contributed by atoms with Crippen LogP contribution >= 0.6 is 0 Å². The van der Waals surface area contributed by atoms with Gasteiger partial charge in [-0.2, -0.15) is 0 Å². The molecule has 1 amide bonds. The Morgan fingerprint density at radius 1 is 1.03 bits per heavy atom. The SMILES string of the molecule is CCCCCCCNC(=O)C(=Cc1ccc(OC)c(OC)c1)n1ccccc1=O. The Labute approximate surface area is 172 Å². The molecule has 2 rings (SSSR count). The van der Waals surface area contributed by atoms with Gasteiger partial charge in [-0.25, -0.2) is 0 Å². The fraction of sp³-hybridized carbons (Fsp3) is 0.391. The van der Waals surface area contributed by atoms with Crippen molar-refractivity contribution in [3.05, 3.63) is 58.5 Å². The minimum Gasteiger partial charge on any atom is -0.493 e. The zero-order valence-corrected chi connectivity index (χ0v) is 17.4. The maximum atomic E-state index is 12.9. The number of amides is 1. The molecule has 0 radical (unpaired) electrons. The summed E-state index contributed by atoms with van der Waals surface area (Å²) in [7, 11) is 3.12. The standard InChI is InChI=1S/C23H30N2O4/c1-4-5-6-7-9-14-24-23(27)19(25-15-10-8-11-22(25)26)16-18-12-13-20(28-2)21(17-18)29-3/h8,10-13,15-17H,4-7,9,14H2,1-3H3,(H,24,27). The van der Waals surface area contributed by atoms with Gasteiger partial charge in [0.15, 0.2) is 11.5 Å². The third-order valence-corrected chi connectivity index (χ3v) is 4.59. The number of rotatable bonds is 11. The first kappa shape index (κ1) is 22.3. The van der Waals surface area contributed by atoms with E-state index in [2.05, 4.69) is 12.2 Å². The average Bonchev–Trinajstić information content (AvgIpc) is 2.74. The molecule has 6 heteroatoms. The van der Waals surface area contributed by atoms with Crippen LogP contribution in [0.2, 0.25) is 0 Å². The Kier molecular flexibility index (Phi) is 9.02. The number of hydrogen-bond acceptors (Lipinski definition) is 4. The van der Waals surface area contributed by atoms with Crippen LogP contribution < -0.4 is 20.3 Å². The van der Waals surface area contributed by atoms with Crippen LogP contribution in [0.15, 0.2) is 47.4 Å². The van der Waals surface area contributed by atoms with Gasteiger partial charge >= 0.3 is 0 Å². The van der Waals surface area contributed by atoms with Gasteiger partial charge in [-0.15, -0.1) is 0 Å². The predicted molar refractivity (Wildman–Crippen MR) is 116 cm³/mol. The molecule has 0 aliphatic rings. The number of hydrogen-bond donors (Lipinski definition) is 1.